The van der Waals surface area contributed by atoms with Crippen LogP contribution in [0, 0.1) is 0 Å². The largest absolute Gasteiger partial charge is 0.468 e. The van der Waals surface area contributed by atoms with Crippen LogP contribution in [0.15, 0.2) is 17.2 Å². The van der Waals surface area contributed by atoms with Gasteiger partial charge < -0.3 is 4.74 Å². The van der Waals surface area contributed by atoms with Crippen molar-refractivity contribution < 1.29 is 9.53 Å². The predicted octanol–water partition coefficient (Wildman–Crippen LogP) is 0.0697. The number of aromatic nitrogens is 2. The van der Waals surface area contributed by atoms with Crippen LogP contribution in [-0.4, -0.2) is 22.6 Å². The number of rotatable bonds is 2. The Balaban J connectivity index is 2.94. The third-order valence-electron chi connectivity index (χ3n) is 1.35. The van der Waals surface area contributed by atoms with E-state index in [1.54, 1.807) is 0 Å². The molecule has 0 aliphatic rings. The second-order valence-electron chi connectivity index (χ2n) is 2.26. The summed E-state index contributed by atoms with van der Waals surface area (Å²) < 4.78 is 5.46. The van der Waals surface area contributed by atoms with Crippen LogP contribution in [0.1, 0.15) is 0 Å². The Kier molecular flexibility index (Phi) is 3.02. The van der Waals surface area contributed by atoms with Gasteiger partial charge in [0, 0.05) is 6.20 Å². The van der Waals surface area contributed by atoms with Gasteiger partial charge in [-0.3, -0.25) is 9.36 Å². The standard InChI is InChI=1S/C7H7ClN2O3/c1-13-6(11)4-10-3-5(8)2-9-7(10)12/h2-3H,4H2,1H3. The molecule has 0 fully saturated rings. The quantitative estimate of drug-likeness (QED) is 0.637. The summed E-state index contributed by atoms with van der Waals surface area (Å²) in [6.07, 6.45) is 2.55. The summed E-state index contributed by atoms with van der Waals surface area (Å²) in [5, 5.41) is 0.295. The Morgan fingerprint density at radius 2 is 2.46 bits per heavy atom. The summed E-state index contributed by atoms with van der Waals surface area (Å²) in [6, 6.07) is 0. The molecule has 0 N–H and O–H groups in total. The van der Waals surface area contributed by atoms with Crippen LogP contribution in [0.3, 0.4) is 0 Å². The minimum Gasteiger partial charge on any atom is -0.468 e. The van der Waals surface area contributed by atoms with Crippen molar-refractivity contribution in [2.75, 3.05) is 7.11 Å². The third kappa shape index (κ3) is 2.55. The first-order chi connectivity index (χ1) is 6.13. The van der Waals surface area contributed by atoms with E-state index >= 15 is 0 Å². The molecule has 13 heavy (non-hydrogen) atoms. The van der Waals surface area contributed by atoms with Gasteiger partial charge in [0.05, 0.1) is 18.3 Å². The van der Waals surface area contributed by atoms with E-state index in [1.165, 1.54) is 19.5 Å². The van der Waals surface area contributed by atoms with Crippen LogP contribution in [0.4, 0.5) is 0 Å². The number of nitrogens with zero attached hydrogens (tertiary/aromatic N) is 2. The number of hydrogen-bond donors (Lipinski definition) is 0. The first-order valence-corrected chi connectivity index (χ1v) is 3.80. The normalized spacial score (nSPS) is 9.69. The number of carbonyl (C=O) groups excluding carboxylic acids is 1. The van der Waals surface area contributed by atoms with Gasteiger partial charge in [0.15, 0.2) is 0 Å². The molecule has 1 aromatic heterocycles. The number of hydrogen-bond acceptors (Lipinski definition) is 4. The minimum absolute atomic E-state index is 0.178. The monoisotopic (exact) mass is 202 g/mol. The molecule has 0 atom stereocenters. The van der Waals surface area contributed by atoms with Gasteiger partial charge in [-0.25, -0.2) is 9.78 Å². The van der Waals surface area contributed by atoms with E-state index < -0.39 is 11.7 Å². The Morgan fingerprint density at radius 3 is 3.08 bits per heavy atom. The molecule has 0 spiro atoms. The molecule has 1 heterocycles. The summed E-state index contributed by atoms with van der Waals surface area (Å²) in [7, 11) is 1.24. The molecule has 0 aliphatic heterocycles. The van der Waals surface area contributed by atoms with E-state index in [0.29, 0.717) is 5.02 Å². The maximum atomic E-state index is 11.0. The lowest BCUT2D eigenvalue weighted by Crippen LogP contribution is -2.26. The number of ether oxygens (including phenoxy) is 1. The van der Waals surface area contributed by atoms with Gasteiger partial charge >= 0.3 is 11.7 Å². The summed E-state index contributed by atoms with van der Waals surface area (Å²) in [6.45, 7) is -0.178. The van der Waals surface area contributed by atoms with E-state index in [4.69, 9.17) is 11.6 Å². The molecule has 5 nitrogen and oxygen atoms in total. The van der Waals surface area contributed by atoms with Gasteiger partial charge in [0.25, 0.3) is 0 Å². The minimum atomic E-state index is -0.533. The van der Waals surface area contributed by atoms with E-state index in [-0.39, 0.29) is 6.54 Å². The van der Waals surface area contributed by atoms with Crippen LogP contribution in [0.2, 0.25) is 5.02 Å². The lowest BCUT2D eigenvalue weighted by atomic mass is 10.6. The smallest absolute Gasteiger partial charge is 0.348 e. The summed E-state index contributed by atoms with van der Waals surface area (Å²) in [5.74, 6) is -0.522. The van der Waals surface area contributed by atoms with Crippen molar-refractivity contribution in [2.45, 2.75) is 6.54 Å². The predicted molar refractivity (Wildman–Crippen MR) is 45.5 cm³/mol. The highest BCUT2D eigenvalue weighted by molar-refractivity contribution is 6.30. The maximum Gasteiger partial charge on any atom is 0.348 e. The second kappa shape index (κ2) is 4.04. The molecular weight excluding hydrogens is 196 g/mol. The second-order valence-corrected chi connectivity index (χ2v) is 2.70. The maximum absolute atomic E-state index is 11.0. The van der Waals surface area contributed by atoms with Crippen LogP contribution in [0.5, 0.6) is 0 Å². The summed E-state index contributed by atoms with van der Waals surface area (Å²) >= 11 is 5.57. The van der Waals surface area contributed by atoms with E-state index in [1.807, 2.05) is 0 Å². The first kappa shape index (κ1) is 9.73. The van der Waals surface area contributed by atoms with E-state index in [0.717, 1.165) is 4.57 Å². The molecule has 0 amide bonds. The SMILES string of the molecule is COC(=O)Cn1cc(Cl)cnc1=O. The van der Waals surface area contributed by atoms with Crippen LogP contribution < -0.4 is 5.69 Å². The first-order valence-electron chi connectivity index (χ1n) is 3.42. The fraction of sp³-hybridized carbons (Fsp3) is 0.286. The molecule has 0 unspecified atom stereocenters. The van der Waals surface area contributed by atoms with E-state index in [9.17, 15) is 9.59 Å². The molecule has 0 saturated heterocycles. The summed E-state index contributed by atoms with van der Waals surface area (Å²) in [4.78, 5) is 25.2. The van der Waals surface area contributed by atoms with Crippen molar-refractivity contribution in [2.24, 2.45) is 0 Å². The number of carbonyl (C=O) groups is 1. The molecule has 1 aromatic rings. The Labute approximate surface area is 78.9 Å². The molecule has 0 bridgehead atoms. The average molecular weight is 203 g/mol. The Hall–Kier alpha value is -1.36. The fourth-order valence-electron chi connectivity index (χ4n) is 0.745. The summed E-state index contributed by atoms with van der Waals surface area (Å²) in [5.41, 5.74) is -0.533. The Morgan fingerprint density at radius 1 is 1.77 bits per heavy atom. The van der Waals surface area contributed by atoms with Crippen molar-refractivity contribution >= 4 is 17.6 Å². The van der Waals surface area contributed by atoms with Gasteiger partial charge in [-0.1, -0.05) is 11.6 Å². The Bertz CT molecular complexity index is 374. The zero-order chi connectivity index (χ0) is 9.84. The topological polar surface area (TPSA) is 61.2 Å². The number of methoxy groups -OCH3 is 1. The van der Waals surface area contributed by atoms with Crippen LogP contribution >= 0.6 is 11.6 Å². The average Bonchev–Trinajstić information content (AvgIpc) is 2.11. The van der Waals surface area contributed by atoms with E-state index in [2.05, 4.69) is 9.72 Å². The molecule has 1 rings (SSSR count). The third-order valence-corrected chi connectivity index (χ3v) is 1.55. The van der Waals surface area contributed by atoms with Crippen molar-refractivity contribution in [3.05, 3.63) is 27.9 Å². The molecule has 70 valence electrons. The molecule has 0 saturated carbocycles. The van der Waals surface area contributed by atoms with Gasteiger partial charge in [0.2, 0.25) is 0 Å². The van der Waals surface area contributed by atoms with Crippen LogP contribution in [-0.2, 0) is 16.1 Å². The lowest BCUT2D eigenvalue weighted by molar-refractivity contribution is -0.141. The van der Waals surface area contributed by atoms with Crippen molar-refractivity contribution in [1.82, 2.24) is 9.55 Å². The lowest BCUT2D eigenvalue weighted by Gasteiger charge is -2.02. The molecule has 6 heteroatoms. The zero-order valence-corrected chi connectivity index (χ0v) is 7.61. The highest BCUT2D eigenvalue weighted by Gasteiger charge is 2.04. The fourth-order valence-corrected chi connectivity index (χ4v) is 0.912. The molecular formula is C7H7ClN2O3. The number of halogens is 1. The van der Waals surface area contributed by atoms with Crippen molar-refractivity contribution in [1.29, 1.82) is 0 Å². The van der Waals surface area contributed by atoms with Gasteiger partial charge in [-0.15, -0.1) is 0 Å². The molecule has 0 aromatic carbocycles. The van der Waals surface area contributed by atoms with Gasteiger partial charge in [0.1, 0.15) is 6.54 Å². The van der Waals surface area contributed by atoms with Gasteiger partial charge in [-0.2, -0.15) is 0 Å². The highest BCUT2D eigenvalue weighted by Crippen LogP contribution is 2.01. The molecule has 0 radical (unpaired) electrons. The van der Waals surface area contributed by atoms with Crippen molar-refractivity contribution in [3.63, 3.8) is 0 Å². The van der Waals surface area contributed by atoms with Gasteiger partial charge in [-0.05, 0) is 0 Å². The van der Waals surface area contributed by atoms with Crippen LogP contribution in [0.25, 0.3) is 0 Å². The highest BCUT2D eigenvalue weighted by atomic mass is 35.5. The van der Waals surface area contributed by atoms with Crippen molar-refractivity contribution in [3.8, 4) is 0 Å². The zero-order valence-electron chi connectivity index (χ0n) is 6.86. The molecule has 0 aliphatic carbocycles. The number of esters is 1.